The lowest BCUT2D eigenvalue weighted by atomic mass is 10.2. The maximum Gasteiger partial charge on any atom is 0.261 e. The zero-order valence-corrected chi connectivity index (χ0v) is 19.0. The predicted molar refractivity (Wildman–Crippen MR) is 126 cm³/mol. The van der Waals surface area contributed by atoms with Gasteiger partial charge in [-0.15, -0.1) is 5.92 Å². The van der Waals surface area contributed by atoms with E-state index in [0.717, 1.165) is 25.7 Å². The van der Waals surface area contributed by atoms with Gasteiger partial charge in [0.05, 0.1) is 6.61 Å². The van der Waals surface area contributed by atoms with Crippen LogP contribution in [0.4, 0.5) is 0 Å². The average Bonchev–Trinajstić information content (AvgIpc) is 2.72. The molecule has 2 nitrogen and oxygen atoms in total. The largest absolute Gasteiger partial charge is 0.404 e. The Hall–Kier alpha value is -2.12. The van der Waals surface area contributed by atoms with Gasteiger partial charge in [-0.2, -0.15) is 0 Å². The van der Waals surface area contributed by atoms with Gasteiger partial charge in [0.2, 0.25) is 0 Å². The molecule has 0 atom stereocenters. The third-order valence-corrected chi connectivity index (χ3v) is 10.1. The lowest BCUT2D eigenvalue weighted by molar-refractivity contribution is 0.339. The minimum atomic E-state index is -2.43. The van der Waals surface area contributed by atoms with Crippen molar-refractivity contribution in [1.82, 2.24) is 0 Å². The minimum Gasteiger partial charge on any atom is -0.404 e. The summed E-state index contributed by atoms with van der Waals surface area (Å²) in [5.41, 5.74) is 0. The van der Waals surface area contributed by atoms with E-state index in [1.54, 1.807) is 0 Å². The van der Waals surface area contributed by atoms with Crippen LogP contribution in [0.1, 0.15) is 46.5 Å². The first-order chi connectivity index (χ1) is 14.0. The molecule has 0 aliphatic carbocycles. The summed E-state index contributed by atoms with van der Waals surface area (Å²) < 4.78 is 6.83. The molecule has 0 radical (unpaired) electrons. The predicted octanol–water partition coefficient (Wildman–Crippen LogP) is 4.68. The van der Waals surface area contributed by atoms with E-state index in [4.69, 9.17) is 9.53 Å². The maximum absolute atomic E-state index is 8.66. The third kappa shape index (κ3) is 6.44. The van der Waals surface area contributed by atoms with Crippen LogP contribution in [0.2, 0.25) is 5.04 Å². The molecule has 0 saturated heterocycles. The first kappa shape index (κ1) is 23.2. The Balaban J connectivity index is 2.12. The summed E-state index contributed by atoms with van der Waals surface area (Å²) in [6, 6.07) is 21.5. The van der Waals surface area contributed by atoms with Gasteiger partial charge < -0.3 is 9.53 Å². The highest BCUT2D eigenvalue weighted by Gasteiger charge is 2.49. The number of rotatable bonds is 9. The van der Waals surface area contributed by atoms with Crippen molar-refractivity contribution < 1.29 is 9.53 Å². The molecule has 0 bridgehead atoms. The van der Waals surface area contributed by atoms with E-state index in [1.165, 1.54) is 10.4 Å². The fourth-order valence-corrected chi connectivity index (χ4v) is 8.24. The van der Waals surface area contributed by atoms with Crippen LogP contribution >= 0.6 is 0 Å². The Bertz CT molecular complexity index is 756. The van der Waals surface area contributed by atoms with Gasteiger partial charge in [-0.3, -0.25) is 0 Å². The van der Waals surface area contributed by atoms with Crippen molar-refractivity contribution in [3.8, 4) is 11.8 Å². The second kappa shape index (κ2) is 11.8. The van der Waals surface area contributed by atoms with Crippen LogP contribution in [0.25, 0.3) is 0 Å². The van der Waals surface area contributed by atoms with Gasteiger partial charge in [-0.1, -0.05) is 99.5 Å². The number of aliphatic hydroxyl groups excluding tert-OH is 1. The van der Waals surface area contributed by atoms with Crippen LogP contribution in [-0.4, -0.2) is 26.6 Å². The van der Waals surface area contributed by atoms with E-state index in [0.29, 0.717) is 6.61 Å². The Morgan fingerprint density at radius 1 is 0.862 bits per heavy atom. The molecule has 2 rings (SSSR count). The van der Waals surface area contributed by atoms with Crippen LogP contribution < -0.4 is 10.4 Å². The Morgan fingerprint density at radius 3 is 1.97 bits per heavy atom. The van der Waals surface area contributed by atoms with E-state index in [1.807, 2.05) is 0 Å². The fraction of sp³-hybridized carbons (Fsp3) is 0.385. The van der Waals surface area contributed by atoms with Gasteiger partial charge in [0.1, 0.15) is 6.61 Å². The van der Waals surface area contributed by atoms with Gasteiger partial charge in [0.25, 0.3) is 8.32 Å². The van der Waals surface area contributed by atoms with Crippen molar-refractivity contribution in [3.05, 3.63) is 72.8 Å². The van der Waals surface area contributed by atoms with E-state index in [2.05, 4.69) is 105 Å². The molecule has 0 aromatic heterocycles. The smallest absolute Gasteiger partial charge is 0.261 e. The average molecular weight is 407 g/mol. The topological polar surface area (TPSA) is 29.5 Å². The molecule has 0 aliphatic heterocycles. The van der Waals surface area contributed by atoms with Crippen molar-refractivity contribution in [3.63, 3.8) is 0 Å². The molecule has 1 N–H and O–H groups in total. The van der Waals surface area contributed by atoms with Gasteiger partial charge in [0.15, 0.2) is 0 Å². The van der Waals surface area contributed by atoms with Gasteiger partial charge in [-0.25, -0.2) is 0 Å². The normalized spacial score (nSPS) is 12.0. The molecule has 29 heavy (non-hydrogen) atoms. The highest BCUT2D eigenvalue weighted by Crippen LogP contribution is 2.36. The van der Waals surface area contributed by atoms with Crippen molar-refractivity contribution in [2.24, 2.45) is 0 Å². The van der Waals surface area contributed by atoms with Gasteiger partial charge in [0, 0.05) is 6.42 Å². The minimum absolute atomic E-state index is 0.00885. The second-order valence-corrected chi connectivity index (χ2v) is 12.5. The van der Waals surface area contributed by atoms with Crippen LogP contribution in [0.5, 0.6) is 0 Å². The summed E-state index contributed by atoms with van der Waals surface area (Å²) in [4.78, 5) is 0. The number of allylic oxidation sites excluding steroid dienone is 1. The first-order valence-electron chi connectivity index (χ1n) is 10.5. The van der Waals surface area contributed by atoms with Crippen LogP contribution in [0, 0.1) is 11.8 Å². The Morgan fingerprint density at radius 2 is 1.45 bits per heavy atom. The van der Waals surface area contributed by atoms with Crippen molar-refractivity contribution in [2.75, 3.05) is 13.2 Å². The van der Waals surface area contributed by atoms with E-state index >= 15 is 0 Å². The zero-order valence-electron chi connectivity index (χ0n) is 18.0. The summed E-state index contributed by atoms with van der Waals surface area (Å²) in [6.07, 6.45) is 8.44. The highest BCUT2D eigenvalue weighted by molar-refractivity contribution is 6.99. The Kier molecular flexibility index (Phi) is 9.40. The third-order valence-electron chi connectivity index (χ3n) is 5.11. The summed E-state index contributed by atoms with van der Waals surface area (Å²) in [5.74, 6) is 5.66. The molecule has 0 spiro atoms. The standard InChI is InChI=1S/C26H34O2Si/c1-26(2,3)29(24-18-12-10-13-19-24,25-20-14-11-15-21-25)28-23-17-9-7-5-4-6-8-16-22-27/h9-15,17-21,27H,4-7,22-23H2,1-3H3/b17-9-. The van der Waals surface area contributed by atoms with E-state index < -0.39 is 8.32 Å². The molecule has 0 unspecified atom stereocenters. The number of hydrogen-bond donors (Lipinski definition) is 1. The monoisotopic (exact) mass is 406 g/mol. The maximum atomic E-state index is 8.66. The van der Waals surface area contributed by atoms with E-state index in [9.17, 15) is 0 Å². The van der Waals surface area contributed by atoms with Crippen LogP contribution in [0.15, 0.2) is 72.8 Å². The molecule has 0 heterocycles. The summed E-state index contributed by atoms with van der Waals surface area (Å²) in [5, 5.41) is 11.3. The molecule has 2 aromatic rings. The first-order valence-corrected chi connectivity index (χ1v) is 12.4. The lowest BCUT2D eigenvalue weighted by Crippen LogP contribution is -2.66. The highest BCUT2D eigenvalue weighted by atomic mass is 28.4. The molecule has 3 heteroatoms. The molecule has 0 aliphatic rings. The van der Waals surface area contributed by atoms with Gasteiger partial charge >= 0.3 is 0 Å². The van der Waals surface area contributed by atoms with Crippen LogP contribution in [-0.2, 0) is 4.43 Å². The summed E-state index contributed by atoms with van der Waals surface area (Å²) >= 11 is 0. The molecule has 154 valence electrons. The van der Waals surface area contributed by atoms with Crippen molar-refractivity contribution >= 4 is 18.7 Å². The van der Waals surface area contributed by atoms with Crippen molar-refractivity contribution in [2.45, 2.75) is 51.5 Å². The lowest BCUT2D eigenvalue weighted by Gasteiger charge is -2.42. The number of unbranched alkanes of at least 4 members (excludes halogenated alkanes) is 3. The second-order valence-electron chi connectivity index (χ2n) is 8.20. The quantitative estimate of drug-likeness (QED) is 0.284. The van der Waals surface area contributed by atoms with Crippen molar-refractivity contribution in [1.29, 1.82) is 0 Å². The number of aliphatic hydroxyl groups is 1. The summed E-state index contributed by atoms with van der Waals surface area (Å²) in [6.45, 7) is 7.49. The fourth-order valence-electron chi connectivity index (χ4n) is 3.74. The van der Waals surface area contributed by atoms with Crippen LogP contribution in [0.3, 0.4) is 0 Å². The number of hydrogen-bond acceptors (Lipinski definition) is 2. The molecular weight excluding hydrogens is 372 g/mol. The molecule has 0 amide bonds. The zero-order chi connectivity index (χ0) is 21.0. The molecular formula is C26H34O2Si. The number of benzene rings is 2. The molecule has 2 aromatic carbocycles. The SMILES string of the molecule is CC(C)(C)[Si](OC/C=C\CCCCC#CCO)(c1ccccc1)c1ccccc1. The molecule has 0 saturated carbocycles. The van der Waals surface area contributed by atoms with E-state index in [-0.39, 0.29) is 11.6 Å². The van der Waals surface area contributed by atoms with Gasteiger partial charge in [-0.05, 0) is 34.7 Å². The summed E-state index contributed by atoms with van der Waals surface area (Å²) in [7, 11) is -2.43. The molecule has 0 fully saturated rings. The Labute approximate surface area is 177 Å².